The fourth-order valence-electron chi connectivity index (χ4n) is 5.04. The van der Waals surface area contributed by atoms with E-state index in [4.69, 9.17) is 33.3 Å². The van der Waals surface area contributed by atoms with Crippen LogP contribution < -0.4 is 9.64 Å². The summed E-state index contributed by atoms with van der Waals surface area (Å²) in [4.78, 5) is 32.1. The molecule has 0 unspecified atom stereocenters. The minimum atomic E-state index is -0.240. The molecule has 2 amide bonds. The van der Waals surface area contributed by atoms with Crippen LogP contribution in [0.5, 0.6) is 5.75 Å². The maximum absolute atomic E-state index is 13.5. The second-order valence-corrected chi connectivity index (χ2v) is 10.8. The first-order valence-electron chi connectivity index (χ1n) is 13.0. The molecule has 39 heavy (non-hydrogen) atoms. The lowest BCUT2D eigenvalue weighted by molar-refractivity contribution is -0.119. The molecule has 1 saturated heterocycles. The predicted octanol–water partition coefficient (Wildman–Crippen LogP) is 6.02. The number of carbonyl (C=O) groups excluding carboxylic acids is 2. The first-order valence-corrected chi connectivity index (χ1v) is 13.7. The summed E-state index contributed by atoms with van der Waals surface area (Å²) in [6.07, 6.45) is 1.88. The molecular formula is C30H30Cl2N4O3. The minimum absolute atomic E-state index is 0.0527. The van der Waals surface area contributed by atoms with Gasteiger partial charge in [-0.15, -0.1) is 0 Å². The second-order valence-electron chi connectivity index (χ2n) is 9.95. The van der Waals surface area contributed by atoms with Crippen molar-refractivity contribution in [2.45, 2.75) is 39.0 Å². The molecule has 1 fully saturated rings. The van der Waals surface area contributed by atoms with Gasteiger partial charge in [0, 0.05) is 53.8 Å². The van der Waals surface area contributed by atoms with Crippen LogP contribution in [0.1, 0.15) is 41.3 Å². The maximum atomic E-state index is 13.5. The number of likely N-dealkylation sites (tertiary alicyclic amines) is 1. The zero-order valence-corrected chi connectivity index (χ0v) is 23.2. The summed E-state index contributed by atoms with van der Waals surface area (Å²) in [6.45, 7) is 4.04. The number of nitrogens with one attached hydrogen (secondary N) is 1. The standard InChI is InChI=1S/C30H30Cl2N4O3/c1-20(33)34-14-12-27(13-15-34)39-26-9-2-21(3-10-26)17-36-28-11-8-25(32)16-23(28)18-35(19-29(36)37)30(38)22-4-6-24(31)7-5-22/h2-11,16,27,33H,12-15,17-19H2,1H3. The number of carbonyl (C=O) groups is 2. The zero-order chi connectivity index (χ0) is 27.5. The van der Waals surface area contributed by atoms with E-state index in [1.54, 1.807) is 40.1 Å². The van der Waals surface area contributed by atoms with Crippen LogP contribution in [0.15, 0.2) is 66.7 Å². The average molecular weight is 566 g/mol. The van der Waals surface area contributed by atoms with Gasteiger partial charge in [0.05, 0.1) is 12.4 Å². The van der Waals surface area contributed by atoms with E-state index < -0.39 is 0 Å². The Morgan fingerprint density at radius 3 is 2.26 bits per heavy atom. The molecule has 2 aliphatic heterocycles. The van der Waals surface area contributed by atoms with Crippen molar-refractivity contribution in [1.82, 2.24) is 9.80 Å². The van der Waals surface area contributed by atoms with Gasteiger partial charge in [-0.2, -0.15) is 0 Å². The number of benzene rings is 3. The van der Waals surface area contributed by atoms with Crippen molar-refractivity contribution < 1.29 is 14.3 Å². The molecule has 0 aliphatic carbocycles. The van der Waals surface area contributed by atoms with Crippen LogP contribution in [0.4, 0.5) is 5.69 Å². The number of anilines is 1. The van der Waals surface area contributed by atoms with Crippen molar-refractivity contribution in [3.05, 3.63) is 93.5 Å². The fraction of sp³-hybridized carbons (Fsp3) is 0.300. The smallest absolute Gasteiger partial charge is 0.254 e. The third-order valence-electron chi connectivity index (χ3n) is 7.18. The molecule has 3 aromatic carbocycles. The Hall–Kier alpha value is -3.55. The highest BCUT2D eigenvalue weighted by molar-refractivity contribution is 6.31. The third kappa shape index (κ3) is 6.37. The molecular weight excluding hydrogens is 535 g/mol. The fourth-order valence-corrected chi connectivity index (χ4v) is 5.36. The lowest BCUT2D eigenvalue weighted by atomic mass is 10.1. The summed E-state index contributed by atoms with van der Waals surface area (Å²) in [6, 6.07) is 19.9. The van der Waals surface area contributed by atoms with Crippen LogP contribution in [-0.2, 0) is 17.9 Å². The van der Waals surface area contributed by atoms with Gasteiger partial charge in [-0.3, -0.25) is 15.0 Å². The van der Waals surface area contributed by atoms with Crippen molar-refractivity contribution in [3.63, 3.8) is 0 Å². The topological polar surface area (TPSA) is 76.9 Å². The number of nitrogens with zero attached hydrogens (tertiary/aromatic N) is 3. The molecule has 2 aliphatic rings. The number of ether oxygens (including phenoxy) is 1. The Balaban J connectivity index is 1.30. The molecule has 0 spiro atoms. The van der Waals surface area contributed by atoms with Crippen LogP contribution in [0.2, 0.25) is 10.0 Å². The second kappa shape index (κ2) is 11.7. The van der Waals surface area contributed by atoms with E-state index in [-0.39, 0.29) is 31.0 Å². The molecule has 5 rings (SSSR count). The Labute approximate surface area is 238 Å². The molecule has 0 atom stereocenters. The molecule has 7 nitrogen and oxygen atoms in total. The molecule has 0 aromatic heterocycles. The quantitative estimate of drug-likeness (QED) is 0.303. The number of fused-ring (bicyclic) bond motifs is 1. The Morgan fingerprint density at radius 1 is 0.923 bits per heavy atom. The Kier molecular flexibility index (Phi) is 8.10. The maximum Gasteiger partial charge on any atom is 0.254 e. The average Bonchev–Trinajstić information content (AvgIpc) is 3.06. The molecule has 3 aromatic rings. The molecule has 9 heteroatoms. The van der Waals surface area contributed by atoms with Gasteiger partial charge in [-0.05, 0) is 72.6 Å². The number of amides is 2. The number of rotatable bonds is 5. The zero-order valence-electron chi connectivity index (χ0n) is 21.7. The molecule has 1 N–H and O–H groups in total. The normalized spacial score (nSPS) is 16.1. The first kappa shape index (κ1) is 27.0. The molecule has 0 bridgehead atoms. The first-order chi connectivity index (χ1) is 18.8. The summed E-state index contributed by atoms with van der Waals surface area (Å²) in [5.74, 6) is 0.975. The van der Waals surface area contributed by atoms with Gasteiger partial charge >= 0.3 is 0 Å². The van der Waals surface area contributed by atoms with E-state index >= 15 is 0 Å². The molecule has 0 saturated carbocycles. The van der Waals surface area contributed by atoms with E-state index in [1.807, 2.05) is 43.3 Å². The highest BCUT2D eigenvalue weighted by Crippen LogP contribution is 2.31. The van der Waals surface area contributed by atoms with Gasteiger partial charge in [-0.1, -0.05) is 35.3 Å². The number of piperidine rings is 1. The van der Waals surface area contributed by atoms with Crippen molar-refractivity contribution in [2.24, 2.45) is 0 Å². The molecule has 202 valence electrons. The summed E-state index contributed by atoms with van der Waals surface area (Å²) < 4.78 is 6.18. The number of hydrogen-bond donors (Lipinski definition) is 1. The SMILES string of the molecule is CC(=N)N1CCC(Oc2ccc(CN3C(=O)CN(C(=O)c4ccc(Cl)cc4)Cc4cc(Cl)ccc43)cc2)CC1. The van der Waals surface area contributed by atoms with Gasteiger partial charge in [0.1, 0.15) is 18.4 Å². The van der Waals surface area contributed by atoms with Crippen LogP contribution in [0.3, 0.4) is 0 Å². The summed E-state index contributed by atoms with van der Waals surface area (Å²) in [7, 11) is 0. The lowest BCUT2D eigenvalue weighted by Gasteiger charge is -2.32. The minimum Gasteiger partial charge on any atom is -0.490 e. The van der Waals surface area contributed by atoms with Crippen molar-refractivity contribution in [1.29, 1.82) is 5.41 Å². The van der Waals surface area contributed by atoms with E-state index in [1.165, 1.54) is 0 Å². The van der Waals surface area contributed by atoms with Crippen molar-refractivity contribution in [3.8, 4) is 5.75 Å². The lowest BCUT2D eigenvalue weighted by Crippen LogP contribution is -2.40. The number of hydrogen-bond acceptors (Lipinski definition) is 4. The van der Waals surface area contributed by atoms with E-state index in [2.05, 4.69) is 4.90 Å². The van der Waals surface area contributed by atoms with Crippen LogP contribution in [0, 0.1) is 5.41 Å². The highest BCUT2D eigenvalue weighted by atomic mass is 35.5. The monoisotopic (exact) mass is 564 g/mol. The summed E-state index contributed by atoms with van der Waals surface area (Å²) in [5.41, 5.74) is 2.97. The van der Waals surface area contributed by atoms with Gasteiger partial charge in [-0.25, -0.2) is 0 Å². The highest BCUT2D eigenvalue weighted by Gasteiger charge is 2.30. The van der Waals surface area contributed by atoms with Gasteiger partial charge < -0.3 is 19.4 Å². The Bertz CT molecular complexity index is 1370. The van der Waals surface area contributed by atoms with Gasteiger partial charge in [0.15, 0.2) is 0 Å². The molecule has 0 radical (unpaired) electrons. The van der Waals surface area contributed by atoms with Crippen molar-refractivity contribution in [2.75, 3.05) is 24.5 Å². The van der Waals surface area contributed by atoms with E-state index in [0.717, 1.165) is 48.5 Å². The van der Waals surface area contributed by atoms with Crippen molar-refractivity contribution >= 4 is 46.5 Å². The largest absolute Gasteiger partial charge is 0.490 e. The van der Waals surface area contributed by atoms with Crippen LogP contribution in [-0.4, -0.2) is 53.2 Å². The van der Waals surface area contributed by atoms with Crippen LogP contribution >= 0.6 is 23.2 Å². The van der Waals surface area contributed by atoms with E-state index in [9.17, 15) is 9.59 Å². The number of halogens is 2. The summed E-state index contributed by atoms with van der Waals surface area (Å²) >= 11 is 12.3. The molecule has 2 heterocycles. The van der Waals surface area contributed by atoms with Crippen LogP contribution in [0.25, 0.3) is 0 Å². The van der Waals surface area contributed by atoms with E-state index in [0.29, 0.717) is 28.0 Å². The van der Waals surface area contributed by atoms with Gasteiger partial charge in [0.2, 0.25) is 5.91 Å². The number of amidine groups is 1. The Morgan fingerprint density at radius 2 is 1.59 bits per heavy atom. The predicted molar refractivity (Wildman–Crippen MR) is 154 cm³/mol. The summed E-state index contributed by atoms with van der Waals surface area (Å²) in [5, 5.41) is 8.88. The van der Waals surface area contributed by atoms with Gasteiger partial charge in [0.25, 0.3) is 5.91 Å². The third-order valence-corrected chi connectivity index (χ3v) is 7.67.